The highest BCUT2D eigenvalue weighted by Gasteiger charge is 2.44. The van der Waals surface area contributed by atoms with Crippen molar-refractivity contribution < 1.29 is 22.7 Å². The summed E-state index contributed by atoms with van der Waals surface area (Å²) in [6.45, 7) is 0.412. The highest BCUT2D eigenvalue weighted by molar-refractivity contribution is 7.90. The van der Waals surface area contributed by atoms with E-state index in [0.717, 1.165) is 0 Å². The Morgan fingerprint density at radius 1 is 1.22 bits per heavy atom. The molecular weight excluding hydrogens is 390 g/mol. The summed E-state index contributed by atoms with van der Waals surface area (Å²) in [4.78, 5) is 14.2. The van der Waals surface area contributed by atoms with Gasteiger partial charge in [-0.3, -0.25) is 4.90 Å². The van der Waals surface area contributed by atoms with Crippen molar-refractivity contribution in [2.45, 2.75) is 23.5 Å². The number of ether oxygens (including phenoxy) is 2. The molecule has 0 spiro atoms. The maximum Gasteiger partial charge on any atom is 0.415 e. The molecule has 0 aromatic heterocycles. The van der Waals surface area contributed by atoms with E-state index in [0.29, 0.717) is 35.6 Å². The molecule has 2 aliphatic heterocycles. The second-order valence-electron chi connectivity index (χ2n) is 6.60. The smallest absolute Gasteiger partial charge is 0.415 e. The van der Waals surface area contributed by atoms with Gasteiger partial charge in [0.1, 0.15) is 11.9 Å². The van der Waals surface area contributed by atoms with Gasteiger partial charge in [0.25, 0.3) is 0 Å². The molecule has 1 amide bonds. The molecule has 8 heteroatoms. The number of carbonyl (C=O) groups excluding carboxylic acids is 1. The minimum absolute atomic E-state index is 0.176. The summed E-state index contributed by atoms with van der Waals surface area (Å²) in [5.41, 5.74) is 1.90. The highest BCUT2D eigenvalue weighted by Crippen LogP contribution is 2.41. The molecule has 0 saturated carbocycles. The standard InChI is InChI=1S/C19H18ClNO5S/c1-27(23,24)18-5-3-2-4-13(18)12-6-7-14-16(10-12)25-9-8-15-17(11-20)26-19(22)21(14)15/h2-7,10,15,17H,8-9,11H2,1H3/t15-,17-/m0/s1. The number of nitrogens with zero attached hydrogens (tertiary/aromatic N) is 1. The molecule has 0 bridgehead atoms. The predicted molar refractivity (Wildman–Crippen MR) is 102 cm³/mol. The van der Waals surface area contributed by atoms with Crippen LogP contribution in [-0.4, -0.2) is 45.4 Å². The molecule has 4 rings (SSSR count). The Labute approximate surface area is 162 Å². The highest BCUT2D eigenvalue weighted by atomic mass is 35.5. The van der Waals surface area contributed by atoms with Gasteiger partial charge in [-0.05, 0) is 23.8 Å². The minimum Gasteiger partial charge on any atom is -0.491 e. The van der Waals surface area contributed by atoms with Gasteiger partial charge < -0.3 is 9.47 Å². The van der Waals surface area contributed by atoms with E-state index in [4.69, 9.17) is 21.1 Å². The number of sulfone groups is 1. The van der Waals surface area contributed by atoms with Crippen molar-refractivity contribution in [3.8, 4) is 16.9 Å². The first-order chi connectivity index (χ1) is 12.9. The molecule has 2 heterocycles. The third-order valence-corrected chi connectivity index (χ3v) is 6.31. The van der Waals surface area contributed by atoms with Crippen LogP contribution in [0.15, 0.2) is 47.4 Å². The second kappa shape index (κ2) is 6.73. The predicted octanol–water partition coefficient (Wildman–Crippen LogP) is 3.47. The maximum absolute atomic E-state index is 12.3. The molecule has 6 nitrogen and oxygen atoms in total. The molecule has 2 aliphatic rings. The average molecular weight is 408 g/mol. The zero-order chi connectivity index (χ0) is 19.2. The maximum atomic E-state index is 12.3. The zero-order valence-electron chi connectivity index (χ0n) is 14.6. The molecule has 0 N–H and O–H groups in total. The van der Waals surface area contributed by atoms with Gasteiger partial charge in [0, 0.05) is 18.2 Å². The zero-order valence-corrected chi connectivity index (χ0v) is 16.2. The van der Waals surface area contributed by atoms with E-state index in [2.05, 4.69) is 0 Å². The van der Waals surface area contributed by atoms with Gasteiger partial charge in [-0.1, -0.05) is 24.3 Å². The van der Waals surface area contributed by atoms with Crippen LogP contribution in [0, 0.1) is 0 Å². The minimum atomic E-state index is -3.38. The van der Waals surface area contributed by atoms with Crippen LogP contribution >= 0.6 is 11.6 Å². The number of cyclic esters (lactones) is 1. The lowest BCUT2D eigenvalue weighted by Gasteiger charge is -2.21. The van der Waals surface area contributed by atoms with Gasteiger partial charge in [-0.15, -0.1) is 11.6 Å². The van der Waals surface area contributed by atoms with E-state index in [1.165, 1.54) is 6.26 Å². The number of anilines is 1. The Hall–Kier alpha value is -2.25. The molecule has 2 aromatic rings. The number of hydrogen-bond donors (Lipinski definition) is 0. The van der Waals surface area contributed by atoms with E-state index in [-0.39, 0.29) is 22.9 Å². The number of fused-ring (bicyclic) bond motifs is 3. The number of alkyl halides is 1. The first-order valence-corrected chi connectivity index (χ1v) is 10.9. The third kappa shape index (κ3) is 3.15. The van der Waals surface area contributed by atoms with E-state index >= 15 is 0 Å². The number of rotatable bonds is 3. The molecule has 27 heavy (non-hydrogen) atoms. The first kappa shape index (κ1) is 18.1. The van der Waals surface area contributed by atoms with E-state index in [1.807, 2.05) is 0 Å². The summed E-state index contributed by atoms with van der Waals surface area (Å²) in [5, 5.41) is 0. The molecule has 2 aromatic carbocycles. The van der Waals surface area contributed by atoms with Crippen LogP contribution in [0.5, 0.6) is 5.75 Å². The van der Waals surface area contributed by atoms with Crippen LogP contribution in [0.2, 0.25) is 0 Å². The molecule has 142 valence electrons. The fraction of sp³-hybridized carbons (Fsp3) is 0.316. The fourth-order valence-electron chi connectivity index (χ4n) is 3.61. The van der Waals surface area contributed by atoms with E-state index < -0.39 is 15.9 Å². The van der Waals surface area contributed by atoms with Crippen LogP contribution < -0.4 is 9.64 Å². The van der Waals surface area contributed by atoms with Crippen molar-refractivity contribution in [2.24, 2.45) is 0 Å². The van der Waals surface area contributed by atoms with Crippen LogP contribution in [0.1, 0.15) is 6.42 Å². The molecule has 0 radical (unpaired) electrons. The van der Waals surface area contributed by atoms with E-state index in [1.54, 1.807) is 47.4 Å². The van der Waals surface area contributed by atoms with Crippen LogP contribution in [0.25, 0.3) is 11.1 Å². The van der Waals surface area contributed by atoms with Crippen molar-refractivity contribution in [2.75, 3.05) is 23.6 Å². The molecule has 1 saturated heterocycles. The molecule has 1 fully saturated rings. The van der Waals surface area contributed by atoms with Crippen LogP contribution in [0.3, 0.4) is 0 Å². The number of hydrogen-bond acceptors (Lipinski definition) is 5. The Morgan fingerprint density at radius 2 is 2.00 bits per heavy atom. The SMILES string of the molecule is CS(=O)(=O)c1ccccc1-c1ccc2c(c1)OCC[C@H]1[C@H](CCl)OC(=O)N21. The lowest BCUT2D eigenvalue weighted by Crippen LogP contribution is -2.37. The van der Waals surface area contributed by atoms with Crippen molar-refractivity contribution >= 4 is 33.2 Å². The van der Waals surface area contributed by atoms with Gasteiger partial charge >= 0.3 is 6.09 Å². The quantitative estimate of drug-likeness (QED) is 0.728. The fourth-order valence-corrected chi connectivity index (χ4v) is 4.79. The van der Waals surface area contributed by atoms with Gasteiger partial charge in [0.05, 0.1) is 29.1 Å². The number of benzene rings is 2. The lowest BCUT2D eigenvalue weighted by atomic mass is 10.0. The molecule has 0 aliphatic carbocycles. The summed E-state index contributed by atoms with van der Waals surface area (Å²) in [5.74, 6) is 0.743. The Kier molecular flexibility index (Phi) is 4.52. The molecule has 0 unspecified atom stereocenters. The lowest BCUT2D eigenvalue weighted by molar-refractivity contribution is 0.139. The van der Waals surface area contributed by atoms with Crippen molar-refractivity contribution in [1.82, 2.24) is 0 Å². The monoisotopic (exact) mass is 407 g/mol. The van der Waals surface area contributed by atoms with Crippen molar-refractivity contribution in [1.29, 1.82) is 0 Å². The van der Waals surface area contributed by atoms with Gasteiger partial charge in [-0.2, -0.15) is 0 Å². The van der Waals surface area contributed by atoms with Crippen molar-refractivity contribution in [3.63, 3.8) is 0 Å². The topological polar surface area (TPSA) is 72.9 Å². The second-order valence-corrected chi connectivity index (χ2v) is 8.89. The Bertz CT molecular complexity index is 1010. The summed E-state index contributed by atoms with van der Waals surface area (Å²) < 4.78 is 35.5. The van der Waals surface area contributed by atoms with Crippen LogP contribution in [-0.2, 0) is 14.6 Å². The number of amides is 1. The normalized spacial score (nSPS) is 21.7. The Morgan fingerprint density at radius 3 is 2.74 bits per heavy atom. The number of halogens is 1. The Balaban J connectivity index is 1.81. The third-order valence-electron chi connectivity index (χ3n) is 4.85. The van der Waals surface area contributed by atoms with Gasteiger partial charge in [-0.25, -0.2) is 13.2 Å². The summed E-state index contributed by atoms with van der Waals surface area (Å²) in [7, 11) is -3.38. The average Bonchev–Trinajstić information content (AvgIpc) is 2.84. The summed E-state index contributed by atoms with van der Waals surface area (Å²) in [6, 6.07) is 12.0. The van der Waals surface area contributed by atoms with Crippen LogP contribution in [0.4, 0.5) is 10.5 Å². The first-order valence-electron chi connectivity index (χ1n) is 8.52. The number of carbonyl (C=O) groups is 1. The largest absolute Gasteiger partial charge is 0.491 e. The van der Waals surface area contributed by atoms with E-state index in [9.17, 15) is 13.2 Å². The van der Waals surface area contributed by atoms with Crippen molar-refractivity contribution in [3.05, 3.63) is 42.5 Å². The molecule has 2 atom stereocenters. The van der Waals surface area contributed by atoms with Gasteiger partial charge in [0.2, 0.25) is 0 Å². The molecular formula is C19H18ClNO5S. The summed E-state index contributed by atoms with van der Waals surface area (Å²) in [6.07, 6.45) is 0.969. The van der Waals surface area contributed by atoms with Gasteiger partial charge in [0.15, 0.2) is 9.84 Å². The summed E-state index contributed by atoms with van der Waals surface area (Å²) >= 11 is 5.94.